The van der Waals surface area contributed by atoms with Gasteiger partial charge in [0.25, 0.3) is 6.33 Å². The Balaban J connectivity index is 0.00000976. The molecule has 0 radical (unpaired) electrons. The van der Waals surface area contributed by atoms with Crippen LogP contribution >= 0.6 is 0 Å². The van der Waals surface area contributed by atoms with Gasteiger partial charge in [0.15, 0.2) is 0 Å². The van der Waals surface area contributed by atoms with Crippen LogP contribution in [0.4, 0.5) is 0 Å². The Labute approximate surface area is 600 Å². The molecule has 0 atom stereocenters. The van der Waals surface area contributed by atoms with Gasteiger partial charge in [-0.05, 0) is 238 Å². The topological polar surface area (TPSA) is 35.9 Å². The molecule has 6 heteroatoms. The van der Waals surface area contributed by atoms with Crippen molar-refractivity contribution in [1.29, 1.82) is 0 Å². The van der Waals surface area contributed by atoms with Crippen molar-refractivity contribution in [3.63, 3.8) is 0 Å². The van der Waals surface area contributed by atoms with Gasteiger partial charge in [0.1, 0.15) is 5.82 Å². The van der Waals surface area contributed by atoms with E-state index in [0.29, 0.717) is 45.0 Å². The maximum atomic E-state index is 9.42. The van der Waals surface area contributed by atoms with E-state index in [1.807, 2.05) is 82.1 Å². The van der Waals surface area contributed by atoms with Crippen molar-refractivity contribution in [3.05, 3.63) is 257 Å². The number of benzene rings is 10. The van der Waals surface area contributed by atoms with Crippen molar-refractivity contribution >= 4 is 32.8 Å². The summed E-state index contributed by atoms with van der Waals surface area (Å²) < 4.78 is 124. The second-order valence-electron chi connectivity index (χ2n) is 30.7. The number of imidazole rings is 1. The number of hydrogen-bond acceptors (Lipinski definition) is 2. The second kappa shape index (κ2) is 23.2. The molecule has 0 saturated carbocycles. The summed E-state index contributed by atoms with van der Waals surface area (Å²) in [5, 5.41) is 1.99. The summed E-state index contributed by atoms with van der Waals surface area (Å²) in [5.74, 6) is 1.49. The smallest absolute Gasteiger partial charge is 0.268 e. The van der Waals surface area contributed by atoms with Crippen LogP contribution in [-0.2, 0) is 48.1 Å². The van der Waals surface area contributed by atoms with Crippen molar-refractivity contribution in [3.8, 4) is 95.5 Å². The summed E-state index contributed by atoms with van der Waals surface area (Å²) in [6.07, 6.45) is 7.46. The minimum atomic E-state index is -2.96. The molecule has 0 bridgehead atoms. The molecule has 0 spiro atoms. The molecule has 13 aromatic rings. The molecule has 3 aromatic heterocycles. The standard InChI is InChI=1S/C90H86N4O.Pt/c1-54-25-22-26-55(2)82(54)60-44-74-72-52-77-76(89(14,15)38-39-90(77,16)17)51-71(72)67-31-18-19-32-68(67)73-43-59(58-41-62(87(8,9)10)47-63(42-58)88(11,12)13)46-80-85(73)93(84(74)75(45-60)83-56(3)27-23-28-57(83)4)53-92(80)64-29-24-30-65(49-64)95-66-35-36-70-69-33-20-21-34-78(69)94(79(70)50-66)81-48-61(37-40-91-81)86(5,6)7;/h18-37,40-48,51-52H,38-39H2,1-17H3;/q-2;/i1D3,2D3,3D3,4D3;. The van der Waals surface area contributed by atoms with Gasteiger partial charge >= 0.3 is 0 Å². The summed E-state index contributed by atoms with van der Waals surface area (Å²) in [6, 6.07) is 65.3. The number of nitrogens with zero attached hydrogens (tertiary/aromatic N) is 4. The second-order valence-corrected chi connectivity index (χ2v) is 30.7. The van der Waals surface area contributed by atoms with Crippen LogP contribution in [0.15, 0.2) is 188 Å². The summed E-state index contributed by atoms with van der Waals surface area (Å²) in [7, 11) is 0. The average molecular weight is 1450 g/mol. The van der Waals surface area contributed by atoms with Crippen LogP contribution in [0.3, 0.4) is 0 Å². The van der Waals surface area contributed by atoms with Gasteiger partial charge in [-0.3, -0.25) is 4.57 Å². The molecule has 0 saturated heterocycles. The first-order valence-electron chi connectivity index (χ1n) is 39.1. The number of fused-ring (bicyclic) bond motifs is 11. The van der Waals surface area contributed by atoms with Crippen molar-refractivity contribution in [1.82, 2.24) is 14.1 Å². The van der Waals surface area contributed by atoms with E-state index in [0.717, 1.165) is 102 Å². The zero-order chi connectivity index (χ0) is 76.6. The normalized spacial score (nSPS) is 16.5. The third-order valence-electron chi connectivity index (χ3n) is 20.2. The summed E-state index contributed by atoms with van der Waals surface area (Å²) in [4.78, 5) is 4.93. The quantitative estimate of drug-likeness (QED) is 0.118. The van der Waals surface area contributed by atoms with Gasteiger partial charge in [0.2, 0.25) is 0 Å². The zero-order valence-electron chi connectivity index (χ0n) is 68.8. The Bertz CT molecular complexity index is 5730. The number of hydrogen-bond donors (Lipinski definition) is 0. The van der Waals surface area contributed by atoms with Crippen LogP contribution in [0.25, 0.3) is 117 Å². The van der Waals surface area contributed by atoms with E-state index in [1.165, 1.54) is 36.4 Å². The Morgan fingerprint density at radius 1 is 0.469 bits per heavy atom. The Hall–Kier alpha value is -8.89. The van der Waals surface area contributed by atoms with E-state index >= 15 is 0 Å². The first-order chi connectivity index (χ1) is 50.0. The molecule has 5 nitrogen and oxygen atoms in total. The summed E-state index contributed by atoms with van der Waals surface area (Å²) in [6.45, 7) is 17.2. The number of para-hydroxylation sites is 1. The molecular weight excluding hydrogens is 1350 g/mol. The Kier molecular flexibility index (Phi) is 12.4. The van der Waals surface area contributed by atoms with E-state index in [2.05, 4.69) is 186 Å². The predicted octanol–water partition coefficient (Wildman–Crippen LogP) is 23.4. The summed E-state index contributed by atoms with van der Waals surface area (Å²) in [5.41, 5.74) is 12.8. The average Bonchev–Trinajstić information content (AvgIpc) is 1.42. The maximum Gasteiger partial charge on any atom is 0.268 e. The van der Waals surface area contributed by atoms with E-state index in [9.17, 15) is 8.22 Å². The molecule has 2 aliphatic rings. The van der Waals surface area contributed by atoms with E-state index in [4.69, 9.17) is 17.9 Å². The van der Waals surface area contributed by atoms with Gasteiger partial charge in [0, 0.05) is 60.7 Å². The van der Waals surface area contributed by atoms with Crippen LogP contribution in [0.5, 0.6) is 11.5 Å². The summed E-state index contributed by atoms with van der Waals surface area (Å²) >= 11 is 0. The van der Waals surface area contributed by atoms with Crippen molar-refractivity contribution in [2.75, 3.05) is 0 Å². The molecule has 96 heavy (non-hydrogen) atoms. The van der Waals surface area contributed by atoms with E-state index < -0.39 is 32.8 Å². The molecule has 10 aromatic carbocycles. The molecule has 0 N–H and O–H groups in total. The fourth-order valence-corrected chi connectivity index (χ4v) is 14.7. The minimum absolute atomic E-state index is 0. The zero-order valence-corrected chi connectivity index (χ0v) is 59.1. The number of aromatic nitrogens is 4. The SMILES string of the molecule is [2H]C([2H])([2H])c1cccc(C([2H])([2H])[2H])c1-c1cc2c(c(-c3c(C([2H])([2H])[2H])cccc3C([2H])([2H])[2H])c1)-[n+]1[c-]n(-c3[c-]c(Oc4[c-]c5c(cc4)c4ccccc4n5-c4cc(C(C)(C)C)ccn4)ccc3)c3cc(-c4cc(C(C)(C)C)cc(C(C)(C)C)c4)cc(c31)-c1ccccc1-c1cc3c(cc1-2)C(C)(C)CCC3(C)C.[Pt]. The van der Waals surface area contributed by atoms with Crippen LogP contribution in [0, 0.1) is 45.9 Å². The first-order valence-corrected chi connectivity index (χ1v) is 33.1. The van der Waals surface area contributed by atoms with E-state index in [-0.39, 0.29) is 87.2 Å². The van der Waals surface area contributed by atoms with Gasteiger partial charge in [0.05, 0.1) is 16.7 Å². The monoisotopic (exact) mass is 1450 g/mol. The van der Waals surface area contributed by atoms with Gasteiger partial charge in [-0.2, -0.15) is 18.2 Å². The number of ether oxygens (including phenoxy) is 1. The van der Waals surface area contributed by atoms with Crippen LogP contribution in [-0.4, -0.2) is 14.1 Å². The van der Waals surface area contributed by atoms with Crippen molar-refractivity contribution in [2.24, 2.45) is 0 Å². The molecule has 4 heterocycles. The first kappa shape index (κ1) is 51.4. The maximum absolute atomic E-state index is 9.42. The fourth-order valence-electron chi connectivity index (χ4n) is 14.7. The number of pyridine rings is 1. The van der Waals surface area contributed by atoms with Gasteiger partial charge in [-0.15, -0.1) is 29.7 Å². The van der Waals surface area contributed by atoms with Crippen molar-refractivity contribution in [2.45, 2.75) is 157 Å². The van der Waals surface area contributed by atoms with Crippen LogP contribution in [0.2, 0.25) is 0 Å². The van der Waals surface area contributed by atoms with Crippen molar-refractivity contribution < 1.29 is 46.8 Å². The van der Waals surface area contributed by atoms with E-state index in [1.54, 1.807) is 6.07 Å². The third-order valence-corrected chi connectivity index (χ3v) is 20.2. The van der Waals surface area contributed by atoms with Gasteiger partial charge in [-0.25, -0.2) is 4.98 Å². The minimum Gasteiger partial charge on any atom is -0.510 e. The molecule has 484 valence electrons. The molecule has 1 aliphatic carbocycles. The largest absolute Gasteiger partial charge is 0.510 e. The Morgan fingerprint density at radius 3 is 1.66 bits per heavy atom. The van der Waals surface area contributed by atoms with Gasteiger partial charge < -0.3 is 13.9 Å². The third kappa shape index (κ3) is 10.9. The molecule has 0 fully saturated rings. The Morgan fingerprint density at radius 2 is 1.02 bits per heavy atom. The van der Waals surface area contributed by atoms with Gasteiger partial charge in [-0.1, -0.05) is 205 Å². The molecule has 1 aliphatic heterocycles. The molecular formula is C90H86N4OPt-2. The van der Waals surface area contributed by atoms with Crippen LogP contribution in [0.1, 0.15) is 169 Å². The molecule has 0 unspecified atom stereocenters. The number of rotatable bonds is 7. The fraction of sp³-hybridized carbons (Fsp3) is 0.267. The molecule has 0 amide bonds. The predicted molar refractivity (Wildman–Crippen MR) is 396 cm³/mol. The molecule has 15 rings (SSSR count). The number of aryl methyl sites for hydroxylation is 4. The van der Waals surface area contributed by atoms with Crippen LogP contribution < -0.4 is 9.30 Å².